The van der Waals surface area contributed by atoms with Gasteiger partial charge < -0.3 is 4.74 Å². The first-order valence-electron chi connectivity index (χ1n) is 9.56. The van der Waals surface area contributed by atoms with Crippen molar-refractivity contribution >= 4 is 52.5 Å². The van der Waals surface area contributed by atoms with E-state index in [2.05, 4.69) is 0 Å². The normalized spacial score (nSPS) is 13.7. The Kier molecular flexibility index (Phi) is 5.82. The molecule has 1 atom stereocenters. The molecule has 0 fully saturated rings. The fourth-order valence-electron chi connectivity index (χ4n) is 3.38. The summed E-state index contributed by atoms with van der Waals surface area (Å²) < 4.78 is 5.28. The van der Waals surface area contributed by atoms with Crippen LogP contribution in [0.25, 0.3) is 0 Å². The molecule has 1 heterocycles. The highest BCUT2D eigenvalue weighted by molar-refractivity contribution is 6.40. The predicted molar refractivity (Wildman–Crippen MR) is 120 cm³/mol. The third kappa shape index (κ3) is 3.90. The molecule has 1 aliphatic heterocycles. The zero-order valence-electron chi connectivity index (χ0n) is 16.7. The summed E-state index contributed by atoms with van der Waals surface area (Å²) >= 11 is 12.1. The first kappa shape index (κ1) is 21.7. The van der Waals surface area contributed by atoms with E-state index in [1.54, 1.807) is 42.5 Å². The van der Waals surface area contributed by atoms with Gasteiger partial charge in [0.15, 0.2) is 6.10 Å². The lowest BCUT2D eigenvalue weighted by atomic mass is 10.1. The Bertz CT molecular complexity index is 1290. The largest absolute Gasteiger partial charge is 0.451 e. The summed E-state index contributed by atoms with van der Waals surface area (Å²) in [5.41, 5.74) is 0.803. The van der Waals surface area contributed by atoms with Crippen LogP contribution in [0.2, 0.25) is 10.0 Å². The quantitative estimate of drug-likeness (QED) is 0.291. The molecule has 2 amide bonds. The lowest BCUT2D eigenvalue weighted by molar-refractivity contribution is 0.0318. The third-order valence-electron chi connectivity index (χ3n) is 4.98. The Labute approximate surface area is 193 Å². The Morgan fingerprint density at radius 2 is 1.56 bits per heavy atom. The first-order chi connectivity index (χ1) is 15.3. The van der Waals surface area contributed by atoms with Gasteiger partial charge in [-0.1, -0.05) is 47.5 Å². The molecule has 32 heavy (non-hydrogen) atoms. The van der Waals surface area contributed by atoms with Crippen molar-refractivity contribution in [3.63, 3.8) is 0 Å². The average Bonchev–Trinajstić information content (AvgIpc) is 3.03. The summed E-state index contributed by atoms with van der Waals surface area (Å²) in [6, 6.07) is 16.8. The van der Waals surface area contributed by atoms with E-state index in [1.807, 2.05) is 0 Å². The average molecular weight is 468 g/mol. The van der Waals surface area contributed by atoms with Crippen LogP contribution < -0.4 is 4.90 Å². The number of Topliss-reactive ketones (excluding diaryl/α,β-unsaturated/α-hetero) is 1. The number of imide groups is 1. The highest BCUT2D eigenvalue weighted by Gasteiger charge is 2.38. The maximum Gasteiger partial charge on any atom is 0.338 e. The summed E-state index contributed by atoms with van der Waals surface area (Å²) in [5, 5.41) is 0.634. The molecular weight excluding hydrogens is 453 g/mol. The van der Waals surface area contributed by atoms with Crippen LogP contribution in [0.3, 0.4) is 0 Å². The van der Waals surface area contributed by atoms with Gasteiger partial charge in [0.1, 0.15) is 0 Å². The van der Waals surface area contributed by atoms with Gasteiger partial charge in [0.2, 0.25) is 5.78 Å². The second kappa shape index (κ2) is 8.57. The van der Waals surface area contributed by atoms with Crippen LogP contribution in [0.1, 0.15) is 48.4 Å². The molecule has 0 saturated carbocycles. The number of carbonyl (C=O) groups is 4. The number of rotatable bonds is 5. The van der Waals surface area contributed by atoms with Crippen molar-refractivity contribution in [2.24, 2.45) is 0 Å². The molecule has 1 aliphatic rings. The Hall–Kier alpha value is -3.48. The van der Waals surface area contributed by atoms with Crippen molar-refractivity contribution in [3.8, 4) is 0 Å². The minimum absolute atomic E-state index is 0.0386. The molecular formula is C24H15Cl2NO5. The molecule has 8 heteroatoms. The molecule has 160 valence electrons. The molecule has 3 aromatic carbocycles. The van der Waals surface area contributed by atoms with E-state index in [-0.39, 0.29) is 27.4 Å². The number of fused-ring (bicyclic) bond motifs is 1. The molecule has 4 rings (SSSR count). The number of para-hydroxylation sites is 1. The summed E-state index contributed by atoms with van der Waals surface area (Å²) in [7, 11) is 0. The van der Waals surface area contributed by atoms with Crippen LogP contribution in [0.4, 0.5) is 5.69 Å². The number of ether oxygens (including phenoxy) is 1. The lowest BCUT2D eigenvalue weighted by Gasteiger charge is -2.15. The maximum absolute atomic E-state index is 12.9. The number of nitrogens with zero attached hydrogens (tertiary/aromatic N) is 1. The second-order valence-electron chi connectivity index (χ2n) is 7.08. The second-order valence-corrected chi connectivity index (χ2v) is 7.92. The summed E-state index contributed by atoms with van der Waals surface area (Å²) in [4.78, 5) is 51.8. The molecule has 0 spiro atoms. The van der Waals surface area contributed by atoms with Crippen LogP contribution in [0.5, 0.6) is 0 Å². The van der Waals surface area contributed by atoms with Crippen LogP contribution in [0.15, 0.2) is 66.7 Å². The fraction of sp³-hybridized carbons (Fsp3) is 0.0833. The summed E-state index contributed by atoms with van der Waals surface area (Å²) in [5.74, 6) is -2.36. The van der Waals surface area contributed by atoms with Gasteiger partial charge in [-0.2, -0.15) is 0 Å². The van der Waals surface area contributed by atoms with E-state index in [0.29, 0.717) is 10.6 Å². The van der Waals surface area contributed by atoms with Crippen LogP contribution in [-0.4, -0.2) is 29.7 Å². The number of carbonyl (C=O) groups excluding carboxylic acids is 4. The first-order valence-corrected chi connectivity index (χ1v) is 10.3. The van der Waals surface area contributed by atoms with Crippen molar-refractivity contribution < 1.29 is 23.9 Å². The summed E-state index contributed by atoms with van der Waals surface area (Å²) in [6.07, 6.45) is -1.08. The molecule has 0 aromatic heterocycles. The van der Waals surface area contributed by atoms with Crippen LogP contribution >= 0.6 is 23.2 Å². The Balaban J connectivity index is 1.56. The molecule has 3 aromatic rings. The number of anilines is 1. The van der Waals surface area contributed by atoms with Crippen molar-refractivity contribution in [2.45, 2.75) is 13.0 Å². The van der Waals surface area contributed by atoms with Crippen molar-refractivity contribution in [3.05, 3.63) is 99.0 Å². The molecule has 1 unspecified atom stereocenters. The Morgan fingerprint density at radius 3 is 2.28 bits per heavy atom. The smallest absolute Gasteiger partial charge is 0.338 e. The maximum atomic E-state index is 12.9. The number of hydrogen-bond donors (Lipinski definition) is 0. The molecule has 0 saturated heterocycles. The number of halogens is 2. The monoisotopic (exact) mass is 467 g/mol. The number of hydrogen-bond acceptors (Lipinski definition) is 5. The van der Waals surface area contributed by atoms with Gasteiger partial charge in [-0.3, -0.25) is 14.4 Å². The zero-order chi connectivity index (χ0) is 23.0. The lowest BCUT2D eigenvalue weighted by Crippen LogP contribution is -2.29. The third-order valence-corrected chi connectivity index (χ3v) is 5.53. The summed E-state index contributed by atoms with van der Waals surface area (Å²) in [6.45, 7) is 1.45. The van der Waals surface area contributed by atoms with Gasteiger partial charge in [0.05, 0.1) is 27.4 Å². The van der Waals surface area contributed by atoms with Gasteiger partial charge in [-0.15, -0.1) is 0 Å². The van der Waals surface area contributed by atoms with E-state index >= 15 is 0 Å². The standard InChI is InChI=1S/C24H15Cl2NO5/c1-13(21(28)14-5-4-6-16(25)11-14)32-24(31)15-9-10-17-18(12-15)23(30)27(22(17)29)20-8-3-2-7-19(20)26/h2-13H,1H3. The number of esters is 1. The van der Waals surface area contributed by atoms with Crippen molar-refractivity contribution in [1.82, 2.24) is 0 Å². The molecule has 0 radical (unpaired) electrons. The SMILES string of the molecule is CC(OC(=O)c1ccc2c(c1)C(=O)N(c1ccccc1Cl)C2=O)C(=O)c1cccc(Cl)c1. The number of benzene rings is 3. The van der Waals surface area contributed by atoms with E-state index in [1.165, 1.54) is 31.2 Å². The van der Waals surface area contributed by atoms with Gasteiger partial charge >= 0.3 is 5.97 Å². The minimum atomic E-state index is -1.08. The van der Waals surface area contributed by atoms with E-state index in [4.69, 9.17) is 27.9 Å². The minimum Gasteiger partial charge on any atom is -0.451 e. The van der Waals surface area contributed by atoms with E-state index in [0.717, 1.165) is 4.90 Å². The van der Waals surface area contributed by atoms with E-state index in [9.17, 15) is 19.2 Å². The highest BCUT2D eigenvalue weighted by Crippen LogP contribution is 2.33. The molecule has 6 nitrogen and oxygen atoms in total. The van der Waals surface area contributed by atoms with Gasteiger partial charge in [-0.25, -0.2) is 9.69 Å². The molecule has 0 N–H and O–H groups in total. The zero-order valence-corrected chi connectivity index (χ0v) is 18.2. The number of ketones is 1. The van der Waals surface area contributed by atoms with Crippen LogP contribution in [-0.2, 0) is 4.74 Å². The molecule has 0 aliphatic carbocycles. The van der Waals surface area contributed by atoms with Gasteiger partial charge in [0, 0.05) is 10.6 Å². The van der Waals surface area contributed by atoms with E-state index < -0.39 is 29.7 Å². The predicted octanol–water partition coefficient (Wildman–Crippen LogP) is 5.22. The van der Waals surface area contributed by atoms with Gasteiger partial charge in [0.25, 0.3) is 11.8 Å². The van der Waals surface area contributed by atoms with Gasteiger partial charge in [-0.05, 0) is 49.4 Å². The van der Waals surface area contributed by atoms with Crippen molar-refractivity contribution in [1.29, 1.82) is 0 Å². The van der Waals surface area contributed by atoms with Crippen molar-refractivity contribution in [2.75, 3.05) is 4.90 Å². The topological polar surface area (TPSA) is 80.8 Å². The molecule has 0 bridgehead atoms. The fourth-order valence-corrected chi connectivity index (χ4v) is 3.79. The highest BCUT2D eigenvalue weighted by atomic mass is 35.5. The number of amides is 2. The van der Waals surface area contributed by atoms with Crippen LogP contribution in [0, 0.1) is 0 Å². The Morgan fingerprint density at radius 1 is 0.844 bits per heavy atom.